The van der Waals surface area contributed by atoms with Crippen LogP contribution in [0.15, 0.2) is 23.8 Å². The van der Waals surface area contributed by atoms with Gasteiger partial charge in [-0.05, 0) is 0 Å². The minimum absolute atomic E-state index is 0.351. The maximum atomic E-state index is 2.49. The fourth-order valence-corrected chi connectivity index (χ4v) is 3.81. The molecule has 0 fully saturated rings. The van der Waals surface area contributed by atoms with Crippen LogP contribution in [0, 0.1) is 5.41 Å². The molecule has 0 spiro atoms. The number of hydrogen-bond acceptors (Lipinski definition) is 0. The third-order valence-electron chi connectivity index (χ3n) is 2.37. The third-order valence-corrected chi connectivity index (χ3v) is 6.54. The normalized spacial score (nSPS) is 22.8. The summed E-state index contributed by atoms with van der Waals surface area (Å²) >= 11 is -1.01. The van der Waals surface area contributed by atoms with Crippen molar-refractivity contribution in [1.82, 2.24) is 0 Å². The van der Waals surface area contributed by atoms with Crippen LogP contribution in [0.3, 0.4) is 0 Å². The summed E-state index contributed by atoms with van der Waals surface area (Å²) in [7, 11) is 0. The van der Waals surface area contributed by atoms with Crippen LogP contribution in [0.25, 0.3) is 0 Å². The maximum absolute atomic E-state index is 2.49. The van der Waals surface area contributed by atoms with Gasteiger partial charge >= 0.3 is 84.6 Å². The van der Waals surface area contributed by atoms with Gasteiger partial charge in [-0.2, -0.15) is 0 Å². The van der Waals surface area contributed by atoms with Crippen LogP contribution in [0.2, 0.25) is 12.9 Å². The van der Waals surface area contributed by atoms with Crippen molar-refractivity contribution in [1.29, 1.82) is 0 Å². The molecule has 0 aromatic heterocycles. The molecule has 0 aliphatic heterocycles. The summed E-state index contributed by atoms with van der Waals surface area (Å²) in [5.41, 5.74) is 1.89. The minimum atomic E-state index is -1.01. The molecule has 0 N–H and O–H groups in total. The zero-order valence-corrected chi connectivity index (χ0v) is 11.3. The molecule has 0 heterocycles. The van der Waals surface area contributed by atoms with Crippen LogP contribution in [0.1, 0.15) is 20.8 Å². The Balaban J connectivity index is 2.75. The fraction of sp³-hybridized carbons (Fsp3) is 0.636. The van der Waals surface area contributed by atoms with E-state index in [-0.39, 0.29) is 0 Å². The Bertz CT molecular complexity index is 216. The predicted octanol–water partition coefficient (Wildman–Crippen LogP) is 4.03. The molecule has 1 heteroatoms. The van der Waals surface area contributed by atoms with E-state index in [0.29, 0.717) is 5.41 Å². The molecular formula is C11H19Zr. The summed E-state index contributed by atoms with van der Waals surface area (Å²) in [4.78, 5) is 0. The van der Waals surface area contributed by atoms with Crippen molar-refractivity contribution >= 4 is 0 Å². The van der Waals surface area contributed by atoms with Gasteiger partial charge in [0.25, 0.3) is 0 Å². The molecule has 0 aromatic carbocycles. The average Bonchev–Trinajstić information content (AvgIpc) is 2.30. The van der Waals surface area contributed by atoms with Crippen LogP contribution in [0.5, 0.6) is 0 Å². The number of hydrogen-bond donors (Lipinski definition) is 0. The first-order valence-electron chi connectivity index (χ1n) is 4.62. The molecule has 0 bridgehead atoms. The van der Waals surface area contributed by atoms with Crippen LogP contribution in [-0.2, 0) is 21.8 Å². The van der Waals surface area contributed by atoms with Gasteiger partial charge in [-0.25, -0.2) is 0 Å². The van der Waals surface area contributed by atoms with Crippen molar-refractivity contribution in [3.05, 3.63) is 23.8 Å². The van der Waals surface area contributed by atoms with Gasteiger partial charge in [-0.3, -0.25) is 0 Å². The van der Waals surface area contributed by atoms with Crippen molar-refractivity contribution in [2.75, 3.05) is 0 Å². The molecule has 1 aliphatic rings. The fourth-order valence-electron chi connectivity index (χ4n) is 1.37. The second-order valence-electron chi connectivity index (χ2n) is 4.83. The van der Waals surface area contributed by atoms with Crippen LogP contribution in [0.4, 0.5) is 0 Å². The first kappa shape index (κ1) is 10.4. The van der Waals surface area contributed by atoms with Gasteiger partial charge in [0.05, 0.1) is 0 Å². The average molecular weight is 242 g/mol. The SMILES string of the molecule is [CH3][Zr]([CH3])[CH]1C=CC(C(C)(C)C)=C1. The molecule has 1 aliphatic carbocycles. The molecule has 12 heavy (non-hydrogen) atoms. The Morgan fingerprint density at radius 2 is 1.83 bits per heavy atom. The van der Waals surface area contributed by atoms with E-state index in [2.05, 4.69) is 48.3 Å². The molecule has 0 amide bonds. The molecular weight excluding hydrogens is 223 g/mol. The quantitative estimate of drug-likeness (QED) is 0.651. The summed E-state index contributed by atoms with van der Waals surface area (Å²) in [6, 6.07) is 0. The molecule has 1 rings (SSSR count). The van der Waals surface area contributed by atoms with Gasteiger partial charge < -0.3 is 0 Å². The summed E-state index contributed by atoms with van der Waals surface area (Å²) in [5.74, 6) is 0. The van der Waals surface area contributed by atoms with Gasteiger partial charge in [0.15, 0.2) is 0 Å². The summed E-state index contributed by atoms with van der Waals surface area (Å²) in [6.45, 7) is 6.87. The van der Waals surface area contributed by atoms with Crippen LogP contribution >= 0.6 is 0 Å². The van der Waals surface area contributed by atoms with E-state index in [1.807, 2.05) is 0 Å². The first-order chi connectivity index (χ1) is 5.41. The second kappa shape index (κ2) is 3.62. The summed E-state index contributed by atoms with van der Waals surface area (Å²) < 4.78 is 5.81. The Kier molecular flexibility index (Phi) is 3.15. The summed E-state index contributed by atoms with van der Waals surface area (Å²) in [5, 5.41) is 0. The molecule has 0 aromatic rings. The summed E-state index contributed by atoms with van der Waals surface area (Å²) in [6.07, 6.45) is 7.24. The molecule has 1 atom stereocenters. The Morgan fingerprint density at radius 3 is 2.08 bits per heavy atom. The second-order valence-corrected chi connectivity index (χ2v) is 11.8. The van der Waals surface area contributed by atoms with Gasteiger partial charge in [0, 0.05) is 0 Å². The molecule has 0 radical (unpaired) electrons. The molecule has 0 nitrogen and oxygen atoms in total. The van der Waals surface area contributed by atoms with Gasteiger partial charge in [0.2, 0.25) is 0 Å². The number of allylic oxidation sites excluding steroid dienone is 4. The van der Waals surface area contributed by atoms with E-state index >= 15 is 0 Å². The van der Waals surface area contributed by atoms with Crippen molar-refractivity contribution < 1.29 is 21.8 Å². The Morgan fingerprint density at radius 1 is 1.25 bits per heavy atom. The van der Waals surface area contributed by atoms with Crippen LogP contribution < -0.4 is 0 Å². The topological polar surface area (TPSA) is 0 Å². The molecule has 0 saturated carbocycles. The van der Waals surface area contributed by atoms with E-state index < -0.39 is 21.8 Å². The van der Waals surface area contributed by atoms with Crippen molar-refractivity contribution in [2.24, 2.45) is 5.41 Å². The van der Waals surface area contributed by atoms with Gasteiger partial charge in [-0.1, -0.05) is 0 Å². The molecule has 67 valence electrons. The monoisotopic (exact) mass is 241 g/mol. The third kappa shape index (κ3) is 2.42. The number of rotatable bonds is 1. The standard InChI is InChI=1S/C9H13.2CH3.Zr/c1-9(2,3)8-6-4-5-7-8;;;/h4-7H,1-3H3;2*1H3;. The zero-order valence-electron chi connectivity index (χ0n) is 8.81. The van der Waals surface area contributed by atoms with E-state index in [1.54, 1.807) is 0 Å². The van der Waals surface area contributed by atoms with E-state index in [9.17, 15) is 0 Å². The van der Waals surface area contributed by atoms with E-state index in [0.717, 1.165) is 3.63 Å². The van der Waals surface area contributed by atoms with Crippen molar-refractivity contribution in [3.63, 3.8) is 0 Å². The van der Waals surface area contributed by atoms with Crippen molar-refractivity contribution in [3.8, 4) is 0 Å². The Labute approximate surface area is 84.4 Å². The van der Waals surface area contributed by atoms with Crippen molar-refractivity contribution in [2.45, 2.75) is 33.7 Å². The molecule has 0 saturated heterocycles. The van der Waals surface area contributed by atoms with E-state index in [4.69, 9.17) is 0 Å². The first-order valence-corrected chi connectivity index (χ1v) is 11.0. The zero-order chi connectivity index (χ0) is 9.35. The van der Waals surface area contributed by atoms with Gasteiger partial charge in [-0.15, -0.1) is 0 Å². The Hall–Kier alpha value is 0.363. The molecule has 1 unspecified atom stereocenters. The van der Waals surface area contributed by atoms with Crippen LogP contribution in [-0.4, -0.2) is 0 Å². The predicted molar refractivity (Wildman–Crippen MR) is 52.2 cm³/mol. The van der Waals surface area contributed by atoms with Gasteiger partial charge in [0.1, 0.15) is 0 Å². The van der Waals surface area contributed by atoms with E-state index in [1.165, 1.54) is 5.57 Å².